The first-order valence-corrected chi connectivity index (χ1v) is 7.24. The molecule has 7 heteroatoms. The fourth-order valence-corrected chi connectivity index (χ4v) is 2.93. The molecule has 0 spiro atoms. The highest BCUT2D eigenvalue weighted by Crippen LogP contribution is 2.18. The van der Waals surface area contributed by atoms with Gasteiger partial charge in [0.2, 0.25) is 10.0 Å². The van der Waals surface area contributed by atoms with Crippen molar-refractivity contribution >= 4 is 16.0 Å². The maximum absolute atomic E-state index is 12.0. The summed E-state index contributed by atoms with van der Waals surface area (Å²) in [6.45, 7) is 3.11. The van der Waals surface area contributed by atoms with Crippen LogP contribution in [-0.2, 0) is 10.0 Å². The number of aliphatic hydroxyl groups is 1. The average molecular weight is 287 g/mol. The van der Waals surface area contributed by atoms with E-state index in [2.05, 4.69) is 4.72 Å². The van der Waals surface area contributed by atoms with Gasteiger partial charge in [-0.05, 0) is 38.0 Å². The molecule has 0 aliphatic carbocycles. The van der Waals surface area contributed by atoms with Gasteiger partial charge in [0, 0.05) is 6.54 Å². The Kier molecular flexibility index (Phi) is 5.04. The number of sulfonamides is 1. The molecule has 0 amide bonds. The lowest BCUT2D eigenvalue weighted by Crippen LogP contribution is -2.27. The van der Waals surface area contributed by atoms with Crippen LogP contribution in [0.5, 0.6) is 0 Å². The van der Waals surface area contributed by atoms with Gasteiger partial charge in [-0.15, -0.1) is 0 Å². The second kappa shape index (κ2) is 6.14. The normalized spacial score (nSPS) is 13.2. The Balaban J connectivity index is 3.02. The van der Waals surface area contributed by atoms with Crippen molar-refractivity contribution in [2.75, 3.05) is 6.54 Å². The molecule has 1 atom stereocenters. The molecular formula is C12H17NO5S. The average Bonchev–Trinajstić information content (AvgIpc) is 2.27. The van der Waals surface area contributed by atoms with Gasteiger partial charge in [0.05, 0.1) is 16.6 Å². The van der Waals surface area contributed by atoms with Gasteiger partial charge in [-0.3, -0.25) is 0 Å². The Morgan fingerprint density at radius 2 is 2.05 bits per heavy atom. The van der Waals surface area contributed by atoms with Crippen molar-refractivity contribution in [3.8, 4) is 0 Å². The van der Waals surface area contributed by atoms with Crippen molar-refractivity contribution in [3.63, 3.8) is 0 Å². The number of hydrogen-bond acceptors (Lipinski definition) is 4. The van der Waals surface area contributed by atoms with E-state index >= 15 is 0 Å². The van der Waals surface area contributed by atoms with Crippen molar-refractivity contribution < 1.29 is 23.4 Å². The predicted octanol–water partition coefficient (Wildman–Crippen LogP) is 0.742. The highest BCUT2D eigenvalue weighted by atomic mass is 32.2. The topological polar surface area (TPSA) is 104 Å². The number of aliphatic hydroxyl groups excluding tert-OH is 1. The lowest BCUT2D eigenvalue weighted by atomic mass is 10.1. The van der Waals surface area contributed by atoms with Crippen LogP contribution in [0.2, 0.25) is 0 Å². The zero-order valence-corrected chi connectivity index (χ0v) is 11.6. The van der Waals surface area contributed by atoms with E-state index in [1.54, 1.807) is 6.92 Å². The summed E-state index contributed by atoms with van der Waals surface area (Å²) < 4.78 is 26.4. The molecule has 1 rings (SSSR count). The Bertz CT molecular complexity index is 565. The highest BCUT2D eigenvalue weighted by molar-refractivity contribution is 7.89. The molecule has 6 nitrogen and oxygen atoms in total. The smallest absolute Gasteiger partial charge is 0.335 e. The Morgan fingerprint density at radius 3 is 2.58 bits per heavy atom. The Morgan fingerprint density at radius 1 is 1.42 bits per heavy atom. The van der Waals surface area contributed by atoms with Crippen molar-refractivity contribution in [1.29, 1.82) is 0 Å². The number of rotatable bonds is 6. The summed E-state index contributed by atoms with van der Waals surface area (Å²) in [5, 5.41) is 18.0. The van der Waals surface area contributed by atoms with E-state index < -0.39 is 22.1 Å². The van der Waals surface area contributed by atoms with Crippen LogP contribution in [0.1, 0.15) is 29.3 Å². The molecule has 0 aliphatic rings. The van der Waals surface area contributed by atoms with Gasteiger partial charge in [-0.1, -0.05) is 6.07 Å². The second-order valence-corrected chi connectivity index (χ2v) is 6.00. The maximum atomic E-state index is 12.0. The zero-order chi connectivity index (χ0) is 14.6. The monoisotopic (exact) mass is 287 g/mol. The number of benzene rings is 1. The molecule has 19 heavy (non-hydrogen) atoms. The molecule has 0 saturated carbocycles. The second-order valence-electron chi connectivity index (χ2n) is 4.27. The standard InChI is InChI=1S/C12H17NO5S/c1-8(14)6-7-13-19(17,18)11-5-3-4-10(9(11)2)12(15)16/h3-5,8,13-14H,6-7H2,1-2H3,(H,15,16). The number of hydrogen-bond donors (Lipinski definition) is 3. The molecule has 0 radical (unpaired) electrons. The fourth-order valence-electron chi connectivity index (χ4n) is 1.62. The van der Waals surface area contributed by atoms with E-state index in [4.69, 9.17) is 10.2 Å². The summed E-state index contributed by atoms with van der Waals surface area (Å²) in [7, 11) is -3.77. The SMILES string of the molecule is Cc1c(C(=O)O)cccc1S(=O)(=O)NCCC(C)O. The minimum atomic E-state index is -3.77. The molecule has 0 fully saturated rings. The summed E-state index contributed by atoms with van der Waals surface area (Å²) in [6.07, 6.45) is -0.314. The zero-order valence-electron chi connectivity index (χ0n) is 10.8. The van der Waals surface area contributed by atoms with Gasteiger partial charge >= 0.3 is 5.97 Å². The van der Waals surface area contributed by atoms with Crippen LogP contribution in [0.25, 0.3) is 0 Å². The Labute approximate surface area is 112 Å². The van der Waals surface area contributed by atoms with Crippen LogP contribution in [0, 0.1) is 6.92 Å². The quantitative estimate of drug-likeness (QED) is 0.716. The van der Waals surface area contributed by atoms with Crippen LogP contribution in [0.4, 0.5) is 0 Å². The van der Waals surface area contributed by atoms with Crippen molar-refractivity contribution in [3.05, 3.63) is 29.3 Å². The third kappa shape index (κ3) is 4.02. The maximum Gasteiger partial charge on any atom is 0.335 e. The molecule has 0 heterocycles. The lowest BCUT2D eigenvalue weighted by molar-refractivity contribution is 0.0695. The third-order valence-electron chi connectivity index (χ3n) is 2.66. The first-order chi connectivity index (χ1) is 8.75. The van der Waals surface area contributed by atoms with Crippen molar-refractivity contribution in [1.82, 2.24) is 4.72 Å². The minimum Gasteiger partial charge on any atom is -0.478 e. The fraction of sp³-hybridized carbons (Fsp3) is 0.417. The number of carboxylic acid groups (broad SMARTS) is 1. The molecule has 106 valence electrons. The van der Waals surface area contributed by atoms with Gasteiger partial charge in [0.1, 0.15) is 0 Å². The first kappa shape index (κ1) is 15.6. The third-order valence-corrected chi connectivity index (χ3v) is 4.26. The van der Waals surface area contributed by atoms with E-state index in [9.17, 15) is 13.2 Å². The van der Waals surface area contributed by atoms with E-state index in [0.29, 0.717) is 0 Å². The molecule has 0 saturated heterocycles. The Hall–Kier alpha value is -1.44. The summed E-state index contributed by atoms with van der Waals surface area (Å²) in [5.74, 6) is -1.17. The van der Waals surface area contributed by atoms with Crippen molar-refractivity contribution in [2.24, 2.45) is 0 Å². The lowest BCUT2D eigenvalue weighted by Gasteiger charge is -2.11. The van der Waals surface area contributed by atoms with Crippen LogP contribution < -0.4 is 4.72 Å². The van der Waals surface area contributed by atoms with Gasteiger partial charge in [0.15, 0.2) is 0 Å². The van der Waals surface area contributed by atoms with E-state index in [-0.39, 0.29) is 29.0 Å². The number of carboxylic acids is 1. The van der Waals surface area contributed by atoms with Crippen LogP contribution in [-0.4, -0.2) is 37.2 Å². The molecule has 1 aromatic carbocycles. The summed E-state index contributed by atoms with van der Waals surface area (Å²) in [5.41, 5.74) is 0.151. The molecule has 1 unspecified atom stereocenters. The van der Waals surface area contributed by atoms with Gasteiger partial charge in [-0.2, -0.15) is 0 Å². The first-order valence-electron chi connectivity index (χ1n) is 5.76. The van der Waals surface area contributed by atoms with Gasteiger partial charge in [0.25, 0.3) is 0 Å². The summed E-state index contributed by atoms with van der Waals surface area (Å²) in [6, 6.07) is 4.10. The highest BCUT2D eigenvalue weighted by Gasteiger charge is 2.20. The number of nitrogens with one attached hydrogen (secondary N) is 1. The van der Waals surface area contributed by atoms with E-state index in [0.717, 1.165) is 0 Å². The van der Waals surface area contributed by atoms with Crippen LogP contribution in [0.15, 0.2) is 23.1 Å². The predicted molar refractivity (Wildman–Crippen MR) is 69.6 cm³/mol. The van der Waals surface area contributed by atoms with Crippen LogP contribution >= 0.6 is 0 Å². The molecule has 3 N–H and O–H groups in total. The number of aromatic carboxylic acids is 1. The summed E-state index contributed by atoms with van der Waals surface area (Å²) in [4.78, 5) is 10.9. The van der Waals surface area contributed by atoms with Crippen LogP contribution in [0.3, 0.4) is 0 Å². The molecule has 1 aromatic rings. The molecule has 0 aliphatic heterocycles. The van der Waals surface area contributed by atoms with Gasteiger partial charge < -0.3 is 10.2 Å². The van der Waals surface area contributed by atoms with E-state index in [1.807, 2.05) is 0 Å². The largest absolute Gasteiger partial charge is 0.478 e. The number of carbonyl (C=O) groups is 1. The minimum absolute atomic E-state index is 0.0431. The molecular weight excluding hydrogens is 270 g/mol. The molecule has 0 aromatic heterocycles. The van der Waals surface area contributed by atoms with E-state index in [1.165, 1.54) is 25.1 Å². The van der Waals surface area contributed by atoms with Crippen molar-refractivity contribution in [2.45, 2.75) is 31.3 Å². The molecule has 0 bridgehead atoms. The summed E-state index contributed by atoms with van der Waals surface area (Å²) >= 11 is 0. The van der Waals surface area contributed by atoms with Gasteiger partial charge in [-0.25, -0.2) is 17.9 Å².